The molecule has 1 aliphatic rings. The van der Waals surface area contributed by atoms with E-state index in [0.29, 0.717) is 65.8 Å². The molecule has 0 unspecified atom stereocenters. The van der Waals surface area contributed by atoms with Crippen molar-refractivity contribution in [2.75, 3.05) is 43.9 Å². The minimum absolute atomic E-state index is 0.197. The van der Waals surface area contributed by atoms with Gasteiger partial charge in [0.15, 0.2) is 11.5 Å². The Morgan fingerprint density at radius 2 is 1.98 bits per heavy atom. The van der Waals surface area contributed by atoms with Crippen LogP contribution in [0.4, 0.5) is 24.9 Å². The highest BCUT2D eigenvalue weighted by atomic mass is 19.3. The van der Waals surface area contributed by atoms with E-state index in [0.717, 1.165) is 19.6 Å². The van der Waals surface area contributed by atoms with Gasteiger partial charge in [-0.1, -0.05) is 13.8 Å². The van der Waals surface area contributed by atoms with Crippen LogP contribution in [0.5, 0.6) is 0 Å². The maximum Gasteiger partial charge on any atom is 0.256 e. The zero-order valence-corrected chi connectivity index (χ0v) is 23.0. The van der Waals surface area contributed by atoms with Crippen molar-refractivity contribution in [3.05, 3.63) is 30.2 Å². The van der Waals surface area contributed by atoms with E-state index >= 15 is 4.39 Å². The SMILES string of the molecule is Cc1nc2ccc(-c3ccn4nc(N[C@H]5CCN(CCOCCC(C)C)C[C@H]5F)nc(N)c34)nc2n1CC(F)F. The van der Waals surface area contributed by atoms with Crippen LogP contribution in [0.1, 0.15) is 32.5 Å². The summed E-state index contributed by atoms with van der Waals surface area (Å²) in [5, 5.41) is 7.63. The van der Waals surface area contributed by atoms with Gasteiger partial charge in [0.2, 0.25) is 5.95 Å². The summed E-state index contributed by atoms with van der Waals surface area (Å²) in [4.78, 5) is 15.4. The fourth-order valence-corrected chi connectivity index (χ4v) is 5.06. The van der Waals surface area contributed by atoms with Crippen LogP contribution in [0, 0.1) is 12.8 Å². The Bertz CT molecular complexity index is 1450. The van der Waals surface area contributed by atoms with Crippen LogP contribution in [0.3, 0.4) is 0 Å². The minimum atomic E-state index is -2.53. The van der Waals surface area contributed by atoms with Crippen molar-refractivity contribution in [2.45, 2.75) is 58.8 Å². The van der Waals surface area contributed by atoms with Crippen molar-refractivity contribution >= 4 is 28.4 Å². The second kappa shape index (κ2) is 12.0. The first-order valence-electron chi connectivity index (χ1n) is 13.7. The van der Waals surface area contributed by atoms with Crippen molar-refractivity contribution in [2.24, 2.45) is 5.92 Å². The number of hydrogen-bond acceptors (Lipinski definition) is 8. The van der Waals surface area contributed by atoms with Crippen LogP contribution < -0.4 is 11.1 Å². The number of rotatable bonds is 11. The van der Waals surface area contributed by atoms with Crippen molar-refractivity contribution in [3.8, 4) is 11.3 Å². The van der Waals surface area contributed by atoms with Gasteiger partial charge in [-0.3, -0.25) is 4.90 Å². The molecule has 5 rings (SSSR count). The van der Waals surface area contributed by atoms with E-state index in [-0.39, 0.29) is 11.8 Å². The molecule has 0 radical (unpaired) electrons. The normalized spacial score (nSPS) is 18.5. The predicted molar refractivity (Wildman–Crippen MR) is 148 cm³/mol. The van der Waals surface area contributed by atoms with E-state index in [4.69, 9.17) is 10.5 Å². The molecule has 0 amide bonds. The standard InChI is InChI=1S/C27H36F3N9O/c1-16(2)8-12-40-13-11-37-9-7-21(19(28)14-37)34-27-35-25(31)24-18(6-10-39(24)36-27)20-4-5-22-26(33-20)38(15-23(29)30)17(3)32-22/h4-6,10,16,19,21,23H,7-9,11-15H2,1-3H3,(H3,31,34,35,36)/t19-,21+/m1/s1. The Balaban J connectivity index is 1.27. The van der Waals surface area contributed by atoms with Crippen molar-refractivity contribution in [3.63, 3.8) is 0 Å². The van der Waals surface area contributed by atoms with Gasteiger partial charge >= 0.3 is 0 Å². The smallest absolute Gasteiger partial charge is 0.256 e. The van der Waals surface area contributed by atoms with Gasteiger partial charge < -0.3 is 20.4 Å². The average Bonchev–Trinajstić information content (AvgIpc) is 3.46. The molecule has 1 aliphatic heterocycles. The second-order valence-electron chi connectivity index (χ2n) is 10.7. The van der Waals surface area contributed by atoms with Crippen molar-refractivity contribution < 1.29 is 17.9 Å². The number of aryl methyl sites for hydroxylation is 1. The first-order valence-corrected chi connectivity index (χ1v) is 13.7. The Kier molecular flexibility index (Phi) is 8.40. The number of fused-ring (bicyclic) bond motifs is 2. The lowest BCUT2D eigenvalue weighted by Gasteiger charge is -2.34. The first kappa shape index (κ1) is 28.1. The zero-order chi connectivity index (χ0) is 28.4. The molecule has 13 heteroatoms. The van der Waals surface area contributed by atoms with Crippen LogP contribution in [-0.2, 0) is 11.3 Å². The number of halogens is 3. The number of nitrogens with two attached hydrogens (primary N) is 1. The highest BCUT2D eigenvalue weighted by molar-refractivity contribution is 5.88. The quantitative estimate of drug-likeness (QED) is 0.263. The number of piperidine rings is 1. The summed E-state index contributed by atoms with van der Waals surface area (Å²) in [5.41, 5.74) is 8.96. The number of nitrogen functional groups attached to an aromatic ring is 1. The summed E-state index contributed by atoms with van der Waals surface area (Å²) in [6.45, 7) is 8.59. The van der Waals surface area contributed by atoms with Crippen LogP contribution in [-0.4, -0.2) is 85.5 Å². The first-order chi connectivity index (χ1) is 19.2. The van der Waals surface area contributed by atoms with E-state index in [2.05, 4.69) is 44.1 Å². The maximum absolute atomic E-state index is 15.0. The van der Waals surface area contributed by atoms with E-state index < -0.39 is 25.2 Å². The molecule has 4 aromatic rings. The molecule has 0 saturated carbocycles. The number of imidazole rings is 1. The minimum Gasteiger partial charge on any atom is -0.382 e. The lowest BCUT2D eigenvalue weighted by atomic mass is 10.0. The summed E-state index contributed by atoms with van der Waals surface area (Å²) in [6, 6.07) is 4.86. The molecule has 0 aromatic carbocycles. The molecule has 216 valence electrons. The molecule has 0 aliphatic carbocycles. The molecule has 10 nitrogen and oxygen atoms in total. The van der Waals surface area contributed by atoms with Crippen LogP contribution >= 0.6 is 0 Å². The molecule has 2 atom stereocenters. The van der Waals surface area contributed by atoms with E-state index in [1.54, 1.807) is 35.8 Å². The summed E-state index contributed by atoms with van der Waals surface area (Å²) in [7, 11) is 0. The molecule has 1 saturated heterocycles. The van der Waals surface area contributed by atoms with Gasteiger partial charge in [0.1, 0.15) is 23.0 Å². The molecule has 3 N–H and O–H groups in total. The molecular weight excluding hydrogens is 523 g/mol. The van der Waals surface area contributed by atoms with Gasteiger partial charge in [-0.05, 0) is 43.9 Å². The van der Waals surface area contributed by atoms with Crippen molar-refractivity contribution in [1.29, 1.82) is 0 Å². The molecule has 1 fully saturated rings. The van der Waals surface area contributed by atoms with E-state index in [1.807, 2.05) is 0 Å². The third-order valence-corrected chi connectivity index (χ3v) is 7.25. The summed E-state index contributed by atoms with van der Waals surface area (Å²) in [5.74, 6) is 1.50. The van der Waals surface area contributed by atoms with Crippen LogP contribution in [0.15, 0.2) is 24.4 Å². The van der Waals surface area contributed by atoms with Gasteiger partial charge in [-0.15, -0.1) is 5.10 Å². The number of hydrogen-bond donors (Lipinski definition) is 2. The summed E-state index contributed by atoms with van der Waals surface area (Å²) >= 11 is 0. The number of nitrogens with one attached hydrogen (secondary N) is 1. The fourth-order valence-electron chi connectivity index (χ4n) is 5.06. The van der Waals surface area contributed by atoms with E-state index in [9.17, 15) is 8.78 Å². The van der Waals surface area contributed by atoms with Gasteiger partial charge in [0, 0.05) is 38.0 Å². The average molecular weight is 560 g/mol. The zero-order valence-electron chi connectivity index (χ0n) is 23.0. The lowest BCUT2D eigenvalue weighted by molar-refractivity contribution is 0.0677. The Morgan fingerprint density at radius 1 is 1.15 bits per heavy atom. The molecule has 0 spiro atoms. The third-order valence-electron chi connectivity index (χ3n) is 7.25. The molecule has 5 heterocycles. The topological polar surface area (TPSA) is 111 Å². The van der Waals surface area contributed by atoms with Gasteiger partial charge in [-0.25, -0.2) is 27.7 Å². The lowest BCUT2D eigenvalue weighted by Crippen LogP contribution is -2.48. The molecule has 40 heavy (non-hydrogen) atoms. The molecule has 0 bridgehead atoms. The number of anilines is 2. The summed E-state index contributed by atoms with van der Waals surface area (Å²) in [6.07, 6.45) is -0.289. The van der Waals surface area contributed by atoms with Gasteiger partial charge in [-0.2, -0.15) is 4.98 Å². The number of ether oxygens (including phenoxy) is 1. The number of pyridine rings is 1. The number of aromatic nitrogens is 6. The molecule has 4 aromatic heterocycles. The van der Waals surface area contributed by atoms with E-state index in [1.165, 1.54) is 4.57 Å². The largest absolute Gasteiger partial charge is 0.382 e. The number of alkyl halides is 3. The van der Waals surface area contributed by atoms with Gasteiger partial charge in [0.25, 0.3) is 6.43 Å². The van der Waals surface area contributed by atoms with Gasteiger partial charge in [0.05, 0.1) is 24.9 Å². The van der Waals surface area contributed by atoms with Crippen LogP contribution in [0.2, 0.25) is 0 Å². The number of likely N-dealkylation sites (tertiary alicyclic amines) is 1. The monoisotopic (exact) mass is 559 g/mol. The Hall–Kier alpha value is -3.45. The Labute approximate surface area is 230 Å². The van der Waals surface area contributed by atoms with Crippen LogP contribution in [0.25, 0.3) is 27.9 Å². The third kappa shape index (κ3) is 6.15. The second-order valence-corrected chi connectivity index (χ2v) is 10.7. The predicted octanol–water partition coefficient (Wildman–Crippen LogP) is 4.18. The highest BCUT2D eigenvalue weighted by Crippen LogP contribution is 2.30. The highest BCUT2D eigenvalue weighted by Gasteiger charge is 2.30. The molecular formula is C27H36F3N9O. The fraction of sp³-hybridized carbons (Fsp3) is 0.556. The van der Waals surface area contributed by atoms with Crippen molar-refractivity contribution in [1.82, 2.24) is 34.0 Å². The summed E-state index contributed by atoms with van der Waals surface area (Å²) < 4.78 is 50.0. The maximum atomic E-state index is 15.0. The Morgan fingerprint density at radius 3 is 2.73 bits per heavy atom. The number of nitrogens with zero attached hydrogens (tertiary/aromatic N) is 7.